The Morgan fingerprint density at radius 1 is 1.15 bits per heavy atom. The highest BCUT2D eigenvalue weighted by atomic mass is 16.5. The molecule has 0 amide bonds. The summed E-state index contributed by atoms with van der Waals surface area (Å²) in [7, 11) is 0. The number of carboxylic acids is 1. The van der Waals surface area contributed by atoms with Crippen molar-refractivity contribution in [3.05, 3.63) is 0 Å². The Labute approximate surface area is 121 Å². The van der Waals surface area contributed by atoms with Gasteiger partial charge in [0.25, 0.3) is 0 Å². The molecule has 4 atom stereocenters. The zero-order valence-corrected chi connectivity index (χ0v) is 12.3. The van der Waals surface area contributed by atoms with Gasteiger partial charge in [-0.15, -0.1) is 0 Å². The van der Waals surface area contributed by atoms with Crippen molar-refractivity contribution in [2.75, 3.05) is 0 Å². The van der Waals surface area contributed by atoms with Gasteiger partial charge in [0.15, 0.2) is 0 Å². The molecule has 0 aromatic carbocycles. The van der Waals surface area contributed by atoms with E-state index in [0.29, 0.717) is 11.8 Å². The average Bonchev–Trinajstić information content (AvgIpc) is 3.17. The van der Waals surface area contributed by atoms with Gasteiger partial charge in [-0.05, 0) is 63.2 Å². The lowest BCUT2D eigenvalue weighted by Crippen LogP contribution is -2.40. The van der Waals surface area contributed by atoms with Crippen LogP contribution in [-0.2, 0) is 9.53 Å². The molecular formula is C17H26O3. The minimum Gasteiger partial charge on any atom is -0.481 e. The molecule has 0 aromatic heterocycles. The van der Waals surface area contributed by atoms with Crippen LogP contribution in [0.15, 0.2) is 0 Å². The molecule has 4 unspecified atom stereocenters. The Balaban J connectivity index is 1.49. The summed E-state index contributed by atoms with van der Waals surface area (Å²) in [5, 5.41) is 9.85. The lowest BCUT2D eigenvalue weighted by Gasteiger charge is -2.36. The highest BCUT2D eigenvalue weighted by Gasteiger charge is 2.57. The summed E-state index contributed by atoms with van der Waals surface area (Å²) in [6.07, 6.45) is 12.7. The van der Waals surface area contributed by atoms with E-state index in [1.54, 1.807) is 0 Å². The molecule has 1 spiro atoms. The Kier molecular flexibility index (Phi) is 2.93. The largest absolute Gasteiger partial charge is 0.481 e. The summed E-state index contributed by atoms with van der Waals surface area (Å²) < 4.78 is 6.39. The van der Waals surface area contributed by atoms with Gasteiger partial charge in [0.1, 0.15) is 0 Å². The Bertz CT molecular complexity index is 412. The standard InChI is InChI=1S/C17H26O3/c18-15(19)17(10-12-3-4-13(17)9-12)11-14-5-8-16(20-14)6-1-2-7-16/h12-14H,1-11H2,(H,18,19). The van der Waals surface area contributed by atoms with Gasteiger partial charge in [-0.1, -0.05) is 19.3 Å². The Morgan fingerprint density at radius 3 is 2.55 bits per heavy atom. The van der Waals surface area contributed by atoms with Crippen molar-refractivity contribution in [1.29, 1.82) is 0 Å². The normalized spacial score (nSPS) is 45.5. The zero-order chi connectivity index (χ0) is 13.8. The van der Waals surface area contributed by atoms with E-state index in [2.05, 4.69) is 0 Å². The van der Waals surface area contributed by atoms with Gasteiger partial charge < -0.3 is 9.84 Å². The first-order valence-corrected chi connectivity index (χ1v) is 8.53. The molecule has 3 heteroatoms. The first-order chi connectivity index (χ1) is 9.62. The molecule has 20 heavy (non-hydrogen) atoms. The zero-order valence-electron chi connectivity index (χ0n) is 12.3. The van der Waals surface area contributed by atoms with Crippen LogP contribution in [0.4, 0.5) is 0 Å². The molecule has 1 aliphatic heterocycles. The third-order valence-electron chi connectivity index (χ3n) is 6.85. The number of fused-ring (bicyclic) bond motifs is 2. The fourth-order valence-electron chi connectivity index (χ4n) is 5.88. The highest BCUT2D eigenvalue weighted by Crippen LogP contribution is 2.59. The molecule has 3 aliphatic carbocycles. The summed E-state index contributed by atoms with van der Waals surface area (Å²) in [5.41, 5.74) is -0.306. The van der Waals surface area contributed by atoms with E-state index in [1.165, 1.54) is 38.5 Å². The number of rotatable bonds is 3. The summed E-state index contributed by atoms with van der Waals surface area (Å²) >= 11 is 0. The molecule has 4 rings (SSSR count). The van der Waals surface area contributed by atoms with Gasteiger partial charge in [0.2, 0.25) is 0 Å². The summed E-state index contributed by atoms with van der Waals surface area (Å²) in [6, 6.07) is 0. The molecule has 2 bridgehead atoms. The number of hydrogen-bond donors (Lipinski definition) is 1. The Morgan fingerprint density at radius 2 is 1.95 bits per heavy atom. The van der Waals surface area contributed by atoms with E-state index in [0.717, 1.165) is 32.1 Å². The van der Waals surface area contributed by atoms with E-state index in [-0.39, 0.29) is 11.7 Å². The van der Waals surface area contributed by atoms with E-state index in [1.807, 2.05) is 0 Å². The van der Waals surface area contributed by atoms with E-state index in [9.17, 15) is 9.90 Å². The number of hydrogen-bond acceptors (Lipinski definition) is 2. The number of aliphatic carboxylic acids is 1. The van der Waals surface area contributed by atoms with Crippen LogP contribution >= 0.6 is 0 Å². The van der Waals surface area contributed by atoms with Crippen molar-refractivity contribution >= 4 is 5.97 Å². The van der Waals surface area contributed by atoms with Gasteiger partial charge in [-0.3, -0.25) is 4.79 Å². The van der Waals surface area contributed by atoms with Crippen molar-refractivity contribution in [2.24, 2.45) is 17.3 Å². The number of carboxylic acid groups (broad SMARTS) is 1. The first kappa shape index (κ1) is 13.1. The fourth-order valence-corrected chi connectivity index (χ4v) is 5.88. The predicted octanol–water partition coefficient (Wildman–Crippen LogP) is 3.76. The van der Waals surface area contributed by atoms with Crippen LogP contribution in [0.3, 0.4) is 0 Å². The summed E-state index contributed by atoms with van der Waals surface area (Å²) in [6.45, 7) is 0. The molecule has 1 heterocycles. The highest BCUT2D eigenvalue weighted by molar-refractivity contribution is 5.76. The van der Waals surface area contributed by atoms with Crippen LogP contribution in [0.5, 0.6) is 0 Å². The van der Waals surface area contributed by atoms with Crippen molar-refractivity contribution in [3.63, 3.8) is 0 Å². The Hall–Kier alpha value is -0.570. The lowest BCUT2D eigenvalue weighted by molar-refractivity contribution is -0.157. The molecule has 112 valence electrons. The fraction of sp³-hybridized carbons (Fsp3) is 0.941. The molecule has 0 radical (unpaired) electrons. The molecule has 1 N–H and O–H groups in total. The minimum absolute atomic E-state index is 0.141. The van der Waals surface area contributed by atoms with Crippen LogP contribution in [0.1, 0.15) is 70.6 Å². The molecular weight excluding hydrogens is 252 g/mol. The van der Waals surface area contributed by atoms with Crippen LogP contribution in [-0.4, -0.2) is 22.8 Å². The van der Waals surface area contributed by atoms with Crippen molar-refractivity contribution in [3.8, 4) is 0 Å². The average molecular weight is 278 g/mol. The van der Waals surface area contributed by atoms with Gasteiger partial charge in [0, 0.05) is 0 Å². The molecule has 1 saturated heterocycles. The van der Waals surface area contributed by atoms with Crippen molar-refractivity contribution < 1.29 is 14.6 Å². The van der Waals surface area contributed by atoms with Gasteiger partial charge in [-0.2, -0.15) is 0 Å². The molecule has 0 aromatic rings. The summed E-state index contributed by atoms with van der Waals surface area (Å²) in [5.74, 6) is 0.562. The second-order valence-electron chi connectivity index (χ2n) is 7.91. The maximum atomic E-state index is 12.0. The van der Waals surface area contributed by atoms with E-state index in [4.69, 9.17) is 4.74 Å². The first-order valence-electron chi connectivity index (χ1n) is 8.53. The SMILES string of the molecule is O=C(O)C1(CC2CCC3(CCCC3)O2)CC2CCC1C2. The van der Waals surface area contributed by atoms with Crippen molar-refractivity contribution in [1.82, 2.24) is 0 Å². The monoisotopic (exact) mass is 278 g/mol. The second-order valence-corrected chi connectivity index (χ2v) is 7.91. The lowest BCUT2D eigenvalue weighted by atomic mass is 9.69. The third kappa shape index (κ3) is 1.85. The van der Waals surface area contributed by atoms with Crippen LogP contribution < -0.4 is 0 Å². The topological polar surface area (TPSA) is 46.5 Å². The van der Waals surface area contributed by atoms with E-state index >= 15 is 0 Å². The smallest absolute Gasteiger partial charge is 0.310 e. The maximum absolute atomic E-state index is 12.0. The quantitative estimate of drug-likeness (QED) is 0.855. The van der Waals surface area contributed by atoms with Gasteiger partial charge in [-0.25, -0.2) is 0 Å². The minimum atomic E-state index is -0.541. The maximum Gasteiger partial charge on any atom is 0.310 e. The number of carbonyl (C=O) groups is 1. The predicted molar refractivity (Wildman–Crippen MR) is 75.4 cm³/mol. The third-order valence-corrected chi connectivity index (χ3v) is 6.85. The second kappa shape index (κ2) is 4.46. The van der Waals surface area contributed by atoms with Crippen LogP contribution in [0.25, 0.3) is 0 Å². The number of ether oxygens (including phenoxy) is 1. The molecule has 4 aliphatic rings. The molecule has 4 fully saturated rings. The summed E-state index contributed by atoms with van der Waals surface area (Å²) in [4.78, 5) is 12.0. The van der Waals surface area contributed by atoms with Crippen LogP contribution in [0, 0.1) is 17.3 Å². The van der Waals surface area contributed by atoms with E-state index < -0.39 is 11.4 Å². The van der Waals surface area contributed by atoms with Gasteiger partial charge >= 0.3 is 5.97 Å². The van der Waals surface area contributed by atoms with Gasteiger partial charge in [0.05, 0.1) is 17.1 Å². The van der Waals surface area contributed by atoms with Crippen LogP contribution in [0.2, 0.25) is 0 Å². The van der Waals surface area contributed by atoms with Crippen molar-refractivity contribution in [2.45, 2.75) is 82.3 Å². The molecule has 3 saturated carbocycles. The molecule has 3 nitrogen and oxygen atoms in total.